The summed E-state index contributed by atoms with van der Waals surface area (Å²) >= 11 is 0. The fraction of sp³-hybridized carbons (Fsp3) is 0.235. The molecule has 0 aliphatic carbocycles. The average molecular weight is 266 g/mol. The van der Waals surface area contributed by atoms with Crippen LogP contribution in [0.15, 0.2) is 59.2 Å². The van der Waals surface area contributed by atoms with E-state index in [2.05, 4.69) is 30.4 Å². The highest BCUT2D eigenvalue weighted by Crippen LogP contribution is 2.20. The molecule has 2 heterocycles. The molecule has 1 atom stereocenters. The minimum atomic E-state index is 0.170. The van der Waals surface area contributed by atoms with Crippen LogP contribution < -0.4 is 5.32 Å². The predicted octanol–water partition coefficient (Wildman–Crippen LogP) is 3.72. The first-order chi connectivity index (χ1) is 9.86. The molecule has 1 N–H and O–H groups in total. The minimum Gasteiger partial charge on any atom is -0.468 e. The highest BCUT2D eigenvalue weighted by Gasteiger charge is 2.14. The molecule has 1 unspecified atom stereocenters. The number of pyridine rings is 1. The van der Waals surface area contributed by atoms with E-state index in [1.54, 1.807) is 6.26 Å². The Bertz CT molecular complexity index is 676. The summed E-state index contributed by atoms with van der Waals surface area (Å²) in [5.74, 6) is 0.960. The molecule has 0 saturated carbocycles. The second-order valence-electron chi connectivity index (χ2n) is 4.83. The fourth-order valence-corrected chi connectivity index (χ4v) is 2.44. The van der Waals surface area contributed by atoms with Crippen LogP contribution in [0.2, 0.25) is 0 Å². The summed E-state index contributed by atoms with van der Waals surface area (Å²) in [6, 6.07) is 16.5. The number of para-hydroxylation sites is 1. The number of hydrogen-bond donors (Lipinski definition) is 1. The van der Waals surface area contributed by atoms with Gasteiger partial charge in [0.2, 0.25) is 0 Å². The maximum absolute atomic E-state index is 5.52. The third kappa shape index (κ3) is 2.73. The zero-order chi connectivity index (χ0) is 13.8. The Morgan fingerprint density at radius 1 is 1.10 bits per heavy atom. The normalized spacial score (nSPS) is 12.7. The van der Waals surface area contributed by atoms with Crippen molar-refractivity contribution >= 4 is 10.9 Å². The van der Waals surface area contributed by atoms with Gasteiger partial charge in [0.05, 0.1) is 17.8 Å². The van der Waals surface area contributed by atoms with Crippen LogP contribution >= 0.6 is 0 Å². The van der Waals surface area contributed by atoms with E-state index >= 15 is 0 Å². The van der Waals surface area contributed by atoms with Gasteiger partial charge in [-0.1, -0.05) is 31.2 Å². The van der Waals surface area contributed by atoms with Crippen LogP contribution in [0.3, 0.4) is 0 Å². The van der Waals surface area contributed by atoms with Gasteiger partial charge >= 0.3 is 0 Å². The first-order valence-corrected chi connectivity index (χ1v) is 6.98. The van der Waals surface area contributed by atoms with Crippen molar-refractivity contribution in [3.8, 4) is 0 Å². The topological polar surface area (TPSA) is 38.1 Å². The number of rotatable bonds is 5. The minimum absolute atomic E-state index is 0.170. The molecule has 2 aromatic heterocycles. The molecule has 0 saturated heterocycles. The van der Waals surface area contributed by atoms with Gasteiger partial charge < -0.3 is 9.73 Å². The van der Waals surface area contributed by atoms with Crippen LogP contribution in [0, 0.1) is 0 Å². The zero-order valence-electron chi connectivity index (χ0n) is 11.5. The summed E-state index contributed by atoms with van der Waals surface area (Å²) in [5, 5.41) is 4.62. The highest BCUT2D eigenvalue weighted by atomic mass is 16.3. The van der Waals surface area contributed by atoms with E-state index in [9.17, 15) is 0 Å². The van der Waals surface area contributed by atoms with Gasteiger partial charge in [0, 0.05) is 17.5 Å². The maximum atomic E-state index is 5.52. The van der Waals surface area contributed by atoms with Crippen LogP contribution in [0.25, 0.3) is 10.9 Å². The van der Waals surface area contributed by atoms with E-state index in [0.717, 1.165) is 29.9 Å². The molecule has 20 heavy (non-hydrogen) atoms. The van der Waals surface area contributed by atoms with Crippen molar-refractivity contribution in [3.05, 3.63) is 66.2 Å². The summed E-state index contributed by atoms with van der Waals surface area (Å²) in [7, 11) is 0. The van der Waals surface area contributed by atoms with E-state index in [1.165, 1.54) is 5.39 Å². The Morgan fingerprint density at radius 3 is 2.80 bits per heavy atom. The van der Waals surface area contributed by atoms with Crippen molar-refractivity contribution in [2.24, 2.45) is 0 Å². The Balaban J connectivity index is 1.86. The van der Waals surface area contributed by atoms with Crippen molar-refractivity contribution in [1.82, 2.24) is 10.3 Å². The summed E-state index contributed by atoms with van der Waals surface area (Å²) < 4.78 is 5.52. The number of nitrogens with one attached hydrogen (secondary N) is 1. The lowest BCUT2D eigenvalue weighted by Gasteiger charge is -2.15. The molecule has 0 bridgehead atoms. The number of benzene rings is 1. The fourth-order valence-electron chi connectivity index (χ4n) is 2.44. The van der Waals surface area contributed by atoms with Gasteiger partial charge in [-0.05, 0) is 30.8 Å². The lowest BCUT2D eigenvalue weighted by molar-refractivity contribution is 0.414. The van der Waals surface area contributed by atoms with Gasteiger partial charge in [0.1, 0.15) is 5.76 Å². The Kier molecular flexibility index (Phi) is 3.79. The molecule has 0 aliphatic rings. The van der Waals surface area contributed by atoms with Crippen LogP contribution in [0.5, 0.6) is 0 Å². The van der Waals surface area contributed by atoms with E-state index < -0.39 is 0 Å². The van der Waals surface area contributed by atoms with E-state index in [0.29, 0.717) is 0 Å². The molecule has 0 amide bonds. The lowest BCUT2D eigenvalue weighted by atomic mass is 10.1. The standard InChI is InChI=1S/C17H18N2O/c1-2-18-16(17-8-5-11-20-17)12-14-10-9-13-6-3-4-7-15(13)19-14/h3-11,16,18H,2,12H2,1H3. The number of nitrogens with zero attached hydrogens (tertiary/aromatic N) is 1. The van der Waals surface area contributed by atoms with Crippen LogP contribution in [-0.2, 0) is 6.42 Å². The average Bonchev–Trinajstić information content (AvgIpc) is 3.01. The second-order valence-corrected chi connectivity index (χ2v) is 4.83. The molecule has 102 valence electrons. The first kappa shape index (κ1) is 12.9. The van der Waals surface area contributed by atoms with Gasteiger partial charge in [-0.2, -0.15) is 0 Å². The number of likely N-dealkylation sites (N-methyl/N-ethyl adjacent to an activating group) is 1. The number of fused-ring (bicyclic) bond motifs is 1. The molecular formula is C17H18N2O. The zero-order valence-corrected chi connectivity index (χ0v) is 11.5. The summed E-state index contributed by atoms with van der Waals surface area (Å²) in [6.45, 7) is 3.00. The van der Waals surface area contributed by atoms with E-state index in [-0.39, 0.29) is 6.04 Å². The summed E-state index contributed by atoms with van der Waals surface area (Å²) in [6.07, 6.45) is 2.54. The van der Waals surface area contributed by atoms with Crippen molar-refractivity contribution < 1.29 is 4.42 Å². The van der Waals surface area contributed by atoms with Crippen LogP contribution in [0.4, 0.5) is 0 Å². The number of furan rings is 1. The SMILES string of the molecule is CCNC(Cc1ccc2ccccc2n1)c1ccco1. The summed E-state index contributed by atoms with van der Waals surface area (Å²) in [5.41, 5.74) is 2.12. The highest BCUT2D eigenvalue weighted by molar-refractivity contribution is 5.78. The summed E-state index contributed by atoms with van der Waals surface area (Å²) in [4.78, 5) is 4.73. The molecule has 0 spiro atoms. The lowest BCUT2D eigenvalue weighted by Crippen LogP contribution is -2.22. The number of aromatic nitrogens is 1. The molecular weight excluding hydrogens is 248 g/mol. The third-order valence-electron chi connectivity index (χ3n) is 3.41. The van der Waals surface area contributed by atoms with Crippen LogP contribution in [0.1, 0.15) is 24.4 Å². The van der Waals surface area contributed by atoms with Gasteiger partial charge in [0.25, 0.3) is 0 Å². The third-order valence-corrected chi connectivity index (χ3v) is 3.41. The van der Waals surface area contributed by atoms with Gasteiger partial charge in [-0.15, -0.1) is 0 Å². The largest absolute Gasteiger partial charge is 0.468 e. The molecule has 3 heteroatoms. The van der Waals surface area contributed by atoms with Gasteiger partial charge in [-0.25, -0.2) is 0 Å². The number of hydrogen-bond acceptors (Lipinski definition) is 3. The molecule has 0 radical (unpaired) electrons. The van der Waals surface area contributed by atoms with Crippen LogP contribution in [-0.4, -0.2) is 11.5 Å². The monoisotopic (exact) mass is 266 g/mol. The molecule has 1 aromatic carbocycles. The first-order valence-electron chi connectivity index (χ1n) is 6.98. The molecule has 3 aromatic rings. The Labute approximate surface area is 118 Å². The van der Waals surface area contributed by atoms with Gasteiger partial charge in [0.15, 0.2) is 0 Å². The Hall–Kier alpha value is -2.13. The van der Waals surface area contributed by atoms with Crippen molar-refractivity contribution in [2.75, 3.05) is 6.54 Å². The second kappa shape index (κ2) is 5.88. The quantitative estimate of drug-likeness (QED) is 0.764. The van der Waals surface area contributed by atoms with Crippen molar-refractivity contribution in [2.45, 2.75) is 19.4 Å². The predicted molar refractivity (Wildman–Crippen MR) is 80.6 cm³/mol. The van der Waals surface area contributed by atoms with E-state index in [1.807, 2.05) is 30.3 Å². The molecule has 3 nitrogen and oxygen atoms in total. The van der Waals surface area contributed by atoms with Crippen molar-refractivity contribution in [3.63, 3.8) is 0 Å². The smallest absolute Gasteiger partial charge is 0.121 e. The van der Waals surface area contributed by atoms with E-state index in [4.69, 9.17) is 9.40 Å². The Morgan fingerprint density at radius 2 is 2.00 bits per heavy atom. The molecule has 3 rings (SSSR count). The molecule has 0 fully saturated rings. The van der Waals surface area contributed by atoms with Gasteiger partial charge in [-0.3, -0.25) is 4.98 Å². The van der Waals surface area contributed by atoms with Crippen molar-refractivity contribution in [1.29, 1.82) is 0 Å². The maximum Gasteiger partial charge on any atom is 0.121 e. The molecule has 0 aliphatic heterocycles.